The fourth-order valence-electron chi connectivity index (χ4n) is 1.84. The molecule has 1 aromatic heterocycles. The molecule has 0 spiro atoms. The highest BCUT2D eigenvalue weighted by atomic mass is 35.5. The standard InChI is InChI=1S/C14H13ClF2N2O/c1-20-13-3-2-10(15)6-9(13)4-5-19-14-11(16)7-18-8-12(14)17/h2-3,6-8H,4-5H2,1H3,(H,18,19). The van der Waals surface area contributed by atoms with Gasteiger partial charge in [0.25, 0.3) is 0 Å². The van der Waals surface area contributed by atoms with Crippen LogP contribution in [-0.2, 0) is 6.42 Å². The number of ether oxygens (including phenoxy) is 1. The normalized spacial score (nSPS) is 10.4. The zero-order chi connectivity index (χ0) is 14.5. The van der Waals surface area contributed by atoms with Crippen LogP contribution in [0.3, 0.4) is 0 Å². The molecule has 1 aromatic carbocycles. The van der Waals surface area contributed by atoms with E-state index in [1.54, 1.807) is 25.3 Å². The molecule has 3 nitrogen and oxygen atoms in total. The van der Waals surface area contributed by atoms with E-state index in [9.17, 15) is 8.78 Å². The van der Waals surface area contributed by atoms with Gasteiger partial charge < -0.3 is 10.1 Å². The van der Waals surface area contributed by atoms with E-state index in [-0.39, 0.29) is 5.69 Å². The predicted octanol–water partition coefficient (Wildman–Crippen LogP) is 3.68. The van der Waals surface area contributed by atoms with Crippen molar-refractivity contribution in [2.45, 2.75) is 6.42 Å². The number of aromatic nitrogens is 1. The number of nitrogens with zero attached hydrogens (tertiary/aromatic N) is 1. The van der Waals surface area contributed by atoms with E-state index in [1.165, 1.54) is 0 Å². The molecule has 0 saturated heterocycles. The maximum Gasteiger partial charge on any atom is 0.167 e. The van der Waals surface area contributed by atoms with Gasteiger partial charge in [-0.05, 0) is 30.2 Å². The number of benzene rings is 1. The van der Waals surface area contributed by atoms with Crippen LogP contribution in [-0.4, -0.2) is 18.6 Å². The molecule has 0 aliphatic carbocycles. The SMILES string of the molecule is COc1ccc(Cl)cc1CCNc1c(F)cncc1F. The minimum absolute atomic E-state index is 0.180. The smallest absolute Gasteiger partial charge is 0.167 e. The van der Waals surface area contributed by atoms with Crippen LogP contribution in [0.15, 0.2) is 30.6 Å². The summed E-state index contributed by atoms with van der Waals surface area (Å²) in [6.07, 6.45) is 2.45. The minimum Gasteiger partial charge on any atom is -0.496 e. The lowest BCUT2D eigenvalue weighted by Gasteiger charge is -2.11. The summed E-state index contributed by atoms with van der Waals surface area (Å²) in [5.41, 5.74) is 0.684. The van der Waals surface area contributed by atoms with Crippen LogP contribution in [0.2, 0.25) is 5.02 Å². The van der Waals surface area contributed by atoms with Crippen LogP contribution in [0.5, 0.6) is 5.75 Å². The number of anilines is 1. The summed E-state index contributed by atoms with van der Waals surface area (Å²) in [6.45, 7) is 0.342. The Morgan fingerprint density at radius 2 is 1.95 bits per heavy atom. The number of hydrogen-bond acceptors (Lipinski definition) is 3. The van der Waals surface area contributed by atoms with Crippen molar-refractivity contribution >= 4 is 17.3 Å². The number of hydrogen-bond donors (Lipinski definition) is 1. The van der Waals surface area contributed by atoms with Crippen LogP contribution in [0.4, 0.5) is 14.5 Å². The second kappa shape index (κ2) is 6.52. The lowest BCUT2D eigenvalue weighted by atomic mass is 10.1. The van der Waals surface area contributed by atoms with Crippen molar-refractivity contribution in [2.75, 3.05) is 19.0 Å². The highest BCUT2D eigenvalue weighted by molar-refractivity contribution is 6.30. The fraction of sp³-hybridized carbons (Fsp3) is 0.214. The molecule has 0 bridgehead atoms. The summed E-state index contributed by atoms with van der Waals surface area (Å²) in [5, 5.41) is 3.30. The van der Waals surface area contributed by atoms with E-state index in [1.807, 2.05) is 0 Å². The third kappa shape index (κ3) is 3.36. The van der Waals surface area contributed by atoms with E-state index in [0.717, 1.165) is 18.0 Å². The minimum atomic E-state index is -0.719. The summed E-state index contributed by atoms with van der Waals surface area (Å²) in [6, 6.07) is 5.24. The third-order valence-corrected chi connectivity index (χ3v) is 3.03. The van der Waals surface area contributed by atoms with Gasteiger partial charge in [-0.2, -0.15) is 0 Å². The molecule has 0 unspecified atom stereocenters. The van der Waals surface area contributed by atoms with Crippen molar-refractivity contribution in [3.8, 4) is 5.75 Å². The predicted molar refractivity (Wildman–Crippen MR) is 74.4 cm³/mol. The average molecular weight is 299 g/mol. The van der Waals surface area contributed by atoms with Gasteiger partial charge in [-0.1, -0.05) is 11.6 Å². The maximum absolute atomic E-state index is 13.4. The van der Waals surface area contributed by atoms with Crippen LogP contribution < -0.4 is 10.1 Å². The largest absolute Gasteiger partial charge is 0.496 e. The number of methoxy groups -OCH3 is 1. The van der Waals surface area contributed by atoms with Gasteiger partial charge in [0.15, 0.2) is 11.6 Å². The molecule has 1 N–H and O–H groups in total. The second-order valence-corrected chi connectivity index (χ2v) is 4.55. The summed E-state index contributed by atoms with van der Waals surface area (Å²) in [5.74, 6) is -0.752. The van der Waals surface area contributed by atoms with Crippen LogP contribution in [0, 0.1) is 11.6 Å². The Labute approximate surface area is 120 Å². The molecule has 2 rings (SSSR count). The van der Waals surface area contributed by atoms with Gasteiger partial charge in [0.05, 0.1) is 19.5 Å². The Morgan fingerprint density at radius 1 is 1.25 bits per heavy atom. The molecule has 0 amide bonds. The van der Waals surface area contributed by atoms with E-state index in [0.29, 0.717) is 23.7 Å². The highest BCUT2D eigenvalue weighted by Crippen LogP contribution is 2.23. The summed E-state index contributed by atoms with van der Waals surface area (Å²) in [7, 11) is 1.56. The van der Waals surface area contributed by atoms with Crippen molar-refractivity contribution in [3.05, 3.63) is 52.8 Å². The monoisotopic (exact) mass is 298 g/mol. The zero-order valence-corrected chi connectivity index (χ0v) is 11.5. The van der Waals surface area contributed by atoms with Crippen molar-refractivity contribution in [1.82, 2.24) is 4.98 Å². The van der Waals surface area contributed by atoms with Gasteiger partial charge in [0, 0.05) is 11.6 Å². The Kier molecular flexibility index (Phi) is 4.74. The first-order valence-electron chi connectivity index (χ1n) is 5.97. The van der Waals surface area contributed by atoms with Gasteiger partial charge in [-0.25, -0.2) is 8.78 Å². The molecule has 2 aromatic rings. The number of pyridine rings is 1. The molecule has 0 radical (unpaired) electrons. The summed E-state index contributed by atoms with van der Waals surface area (Å²) < 4.78 is 32.0. The molecule has 0 saturated carbocycles. The molecule has 20 heavy (non-hydrogen) atoms. The highest BCUT2D eigenvalue weighted by Gasteiger charge is 2.09. The Morgan fingerprint density at radius 3 is 2.60 bits per heavy atom. The van der Waals surface area contributed by atoms with Gasteiger partial charge in [0.2, 0.25) is 0 Å². The number of rotatable bonds is 5. The molecule has 0 fully saturated rings. The van der Waals surface area contributed by atoms with E-state index < -0.39 is 11.6 Å². The Balaban J connectivity index is 2.05. The maximum atomic E-state index is 13.4. The lowest BCUT2D eigenvalue weighted by Crippen LogP contribution is -2.09. The number of nitrogens with one attached hydrogen (secondary N) is 1. The van der Waals surface area contributed by atoms with Crippen molar-refractivity contribution < 1.29 is 13.5 Å². The van der Waals surface area contributed by atoms with Gasteiger partial charge >= 0.3 is 0 Å². The molecular weight excluding hydrogens is 286 g/mol. The first-order chi connectivity index (χ1) is 9.61. The van der Waals surface area contributed by atoms with Crippen LogP contribution in [0.1, 0.15) is 5.56 Å². The molecule has 0 atom stereocenters. The molecular formula is C14H13ClF2N2O. The van der Waals surface area contributed by atoms with Crippen LogP contribution in [0.25, 0.3) is 0 Å². The van der Waals surface area contributed by atoms with Crippen molar-refractivity contribution in [1.29, 1.82) is 0 Å². The Bertz CT molecular complexity index is 587. The van der Waals surface area contributed by atoms with Crippen molar-refractivity contribution in [2.24, 2.45) is 0 Å². The topological polar surface area (TPSA) is 34.1 Å². The summed E-state index contributed by atoms with van der Waals surface area (Å²) >= 11 is 5.92. The quantitative estimate of drug-likeness (QED) is 0.914. The average Bonchev–Trinajstić information content (AvgIpc) is 2.42. The van der Waals surface area contributed by atoms with E-state index >= 15 is 0 Å². The lowest BCUT2D eigenvalue weighted by molar-refractivity contribution is 0.410. The van der Waals surface area contributed by atoms with Gasteiger partial charge in [-0.15, -0.1) is 0 Å². The third-order valence-electron chi connectivity index (χ3n) is 2.79. The van der Waals surface area contributed by atoms with Gasteiger partial charge in [-0.3, -0.25) is 4.98 Å². The summed E-state index contributed by atoms with van der Waals surface area (Å²) in [4.78, 5) is 3.42. The molecule has 1 heterocycles. The van der Waals surface area contributed by atoms with E-state index in [4.69, 9.17) is 16.3 Å². The van der Waals surface area contributed by atoms with Crippen molar-refractivity contribution in [3.63, 3.8) is 0 Å². The molecule has 0 aliphatic rings. The van der Waals surface area contributed by atoms with Crippen LogP contribution >= 0.6 is 11.6 Å². The fourth-order valence-corrected chi connectivity index (χ4v) is 2.04. The van der Waals surface area contributed by atoms with E-state index in [2.05, 4.69) is 10.3 Å². The molecule has 106 valence electrons. The Hall–Kier alpha value is -1.88. The zero-order valence-electron chi connectivity index (χ0n) is 10.8. The first-order valence-corrected chi connectivity index (χ1v) is 6.35. The molecule has 0 aliphatic heterocycles. The second-order valence-electron chi connectivity index (χ2n) is 4.11. The van der Waals surface area contributed by atoms with Gasteiger partial charge in [0.1, 0.15) is 11.4 Å². The first kappa shape index (κ1) is 14.5. The molecule has 6 heteroatoms. The number of halogens is 3.